The quantitative estimate of drug-likeness (QED) is 0.409. The summed E-state index contributed by atoms with van der Waals surface area (Å²) >= 11 is 11.8. The number of carbonyl (C=O) groups excluding carboxylic acids is 2. The summed E-state index contributed by atoms with van der Waals surface area (Å²) in [4.78, 5) is 23.5. The lowest BCUT2D eigenvalue weighted by Crippen LogP contribution is -2.18. The molecule has 0 amide bonds. The van der Waals surface area contributed by atoms with E-state index in [9.17, 15) is 14.0 Å². The molecule has 0 atom stereocenters. The molecule has 0 aliphatic rings. The number of benzene rings is 2. The van der Waals surface area contributed by atoms with Crippen LogP contribution in [0.5, 0.6) is 17.2 Å². The third kappa shape index (κ3) is 4.41. The van der Waals surface area contributed by atoms with Crippen LogP contribution in [-0.4, -0.2) is 25.5 Å². The Hall–Kier alpha value is -2.31. The molecule has 0 aliphatic heterocycles. The van der Waals surface area contributed by atoms with Gasteiger partial charge in [0, 0.05) is 11.1 Å². The van der Waals surface area contributed by atoms with Gasteiger partial charge in [0.25, 0.3) is 5.78 Å². The molecular weight excluding hydrogens is 374 g/mol. The number of halogens is 3. The molecule has 25 heavy (non-hydrogen) atoms. The number of carbonyl (C=O) groups is 2. The second-order valence-electron chi connectivity index (χ2n) is 4.71. The van der Waals surface area contributed by atoms with Crippen LogP contribution in [-0.2, 0) is 9.53 Å². The SMILES string of the molecule is CCOC(=O)C(=O)c1cc(Oc2ccc(Cl)cc2OC)c(Cl)cc1F. The van der Waals surface area contributed by atoms with Crippen LogP contribution >= 0.6 is 23.2 Å². The minimum absolute atomic E-state index is 0.00882. The van der Waals surface area contributed by atoms with E-state index in [1.165, 1.54) is 26.2 Å². The van der Waals surface area contributed by atoms with Gasteiger partial charge in [0.15, 0.2) is 11.5 Å². The van der Waals surface area contributed by atoms with Crippen LogP contribution in [0.4, 0.5) is 4.39 Å². The van der Waals surface area contributed by atoms with E-state index in [1.54, 1.807) is 6.07 Å². The zero-order valence-corrected chi connectivity index (χ0v) is 14.8. The fraction of sp³-hybridized carbons (Fsp3) is 0.176. The van der Waals surface area contributed by atoms with E-state index in [0.717, 1.165) is 12.1 Å². The van der Waals surface area contributed by atoms with Crippen LogP contribution in [0.15, 0.2) is 30.3 Å². The Morgan fingerprint density at radius 1 is 1.08 bits per heavy atom. The largest absolute Gasteiger partial charge is 0.493 e. The molecule has 0 N–H and O–H groups in total. The Morgan fingerprint density at radius 3 is 2.44 bits per heavy atom. The van der Waals surface area contributed by atoms with Crippen molar-refractivity contribution in [3.63, 3.8) is 0 Å². The molecule has 0 saturated carbocycles. The summed E-state index contributed by atoms with van der Waals surface area (Å²) in [6.07, 6.45) is 0. The Morgan fingerprint density at radius 2 is 1.80 bits per heavy atom. The average molecular weight is 387 g/mol. The second-order valence-corrected chi connectivity index (χ2v) is 5.55. The van der Waals surface area contributed by atoms with Gasteiger partial charge in [0.1, 0.15) is 11.6 Å². The Labute approximate surface area is 153 Å². The molecule has 2 aromatic rings. The van der Waals surface area contributed by atoms with E-state index >= 15 is 0 Å². The van der Waals surface area contributed by atoms with Gasteiger partial charge in [-0.15, -0.1) is 0 Å². The van der Waals surface area contributed by atoms with Crippen LogP contribution in [0.2, 0.25) is 10.0 Å². The Balaban J connectivity index is 2.41. The molecular formula is C17H13Cl2FO5. The van der Waals surface area contributed by atoms with Crippen LogP contribution in [0.3, 0.4) is 0 Å². The topological polar surface area (TPSA) is 61.8 Å². The van der Waals surface area contributed by atoms with Gasteiger partial charge in [-0.2, -0.15) is 0 Å². The number of Topliss-reactive ketones (excluding diaryl/α,β-unsaturated/α-hetero) is 1. The summed E-state index contributed by atoms with van der Waals surface area (Å²) in [6, 6.07) is 6.50. The smallest absolute Gasteiger partial charge is 0.379 e. The van der Waals surface area contributed by atoms with Crippen LogP contribution in [0.25, 0.3) is 0 Å². The molecule has 0 unspecified atom stereocenters. The molecule has 0 saturated heterocycles. The number of hydrogen-bond donors (Lipinski definition) is 0. The second kappa shape index (κ2) is 8.18. The molecule has 8 heteroatoms. The predicted molar refractivity (Wildman–Crippen MR) is 90.5 cm³/mol. The maximum atomic E-state index is 14.0. The van der Waals surface area contributed by atoms with Crippen molar-refractivity contribution in [3.8, 4) is 17.2 Å². The number of hydrogen-bond acceptors (Lipinski definition) is 5. The molecule has 0 aromatic heterocycles. The summed E-state index contributed by atoms with van der Waals surface area (Å²) in [5.41, 5.74) is -0.509. The molecule has 0 radical (unpaired) electrons. The first-order valence-corrected chi connectivity index (χ1v) is 7.84. The highest BCUT2D eigenvalue weighted by Crippen LogP contribution is 2.37. The normalized spacial score (nSPS) is 10.3. The van der Waals surface area contributed by atoms with Crippen molar-refractivity contribution >= 4 is 35.0 Å². The lowest BCUT2D eigenvalue weighted by atomic mass is 10.1. The molecule has 0 aliphatic carbocycles. The summed E-state index contributed by atoms with van der Waals surface area (Å²) in [5.74, 6) is -2.74. The van der Waals surface area contributed by atoms with Gasteiger partial charge >= 0.3 is 5.97 Å². The zero-order chi connectivity index (χ0) is 18.6. The van der Waals surface area contributed by atoms with Crippen molar-refractivity contribution in [2.45, 2.75) is 6.92 Å². The van der Waals surface area contributed by atoms with E-state index in [1.807, 2.05) is 0 Å². The fourth-order valence-corrected chi connectivity index (χ4v) is 2.28. The molecule has 5 nitrogen and oxygen atoms in total. The van der Waals surface area contributed by atoms with Gasteiger partial charge in [-0.3, -0.25) is 4.79 Å². The molecule has 132 valence electrons. The van der Waals surface area contributed by atoms with Gasteiger partial charge in [0.2, 0.25) is 0 Å². The first-order valence-electron chi connectivity index (χ1n) is 7.09. The van der Waals surface area contributed by atoms with Crippen molar-refractivity contribution in [2.75, 3.05) is 13.7 Å². The first-order chi connectivity index (χ1) is 11.9. The van der Waals surface area contributed by atoms with E-state index < -0.39 is 23.1 Å². The monoisotopic (exact) mass is 386 g/mol. The number of ether oxygens (including phenoxy) is 3. The Kier molecular flexibility index (Phi) is 6.22. The lowest BCUT2D eigenvalue weighted by Gasteiger charge is -2.13. The average Bonchev–Trinajstić information content (AvgIpc) is 2.58. The number of methoxy groups -OCH3 is 1. The summed E-state index contributed by atoms with van der Waals surface area (Å²) < 4.78 is 29.3. The zero-order valence-electron chi connectivity index (χ0n) is 13.3. The van der Waals surface area contributed by atoms with Crippen molar-refractivity contribution in [1.29, 1.82) is 0 Å². The summed E-state index contributed by atoms with van der Waals surface area (Å²) in [6.45, 7) is 1.52. The minimum Gasteiger partial charge on any atom is -0.493 e. The number of ketones is 1. The highest BCUT2D eigenvalue weighted by atomic mass is 35.5. The van der Waals surface area contributed by atoms with Crippen LogP contribution in [0.1, 0.15) is 17.3 Å². The van der Waals surface area contributed by atoms with Crippen LogP contribution < -0.4 is 9.47 Å². The predicted octanol–water partition coefficient (Wildman–Crippen LogP) is 4.68. The number of rotatable bonds is 6. The molecule has 2 rings (SSSR count). The lowest BCUT2D eigenvalue weighted by molar-refractivity contribution is -0.137. The fourth-order valence-electron chi connectivity index (χ4n) is 1.93. The molecule has 0 bridgehead atoms. The molecule has 0 spiro atoms. The minimum atomic E-state index is -1.17. The van der Waals surface area contributed by atoms with E-state index in [0.29, 0.717) is 10.8 Å². The molecule has 0 heterocycles. The first kappa shape index (κ1) is 19.0. The maximum Gasteiger partial charge on any atom is 0.379 e. The van der Waals surface area contributed by atoms with E-state index in [-0.39, 0.29) is 23.1 Å². The molecule has 0 fully saturated rings. The summed E-state index contributed by atoms with van der Waals surface area (Å²) in [7, 11) is 1.42. The van der Waals surface area contributed by atoms with E-state index in [4.69, 9.17) is 32.7 Å². The molecule has 2 aromatic carbocycles. The van der Waals surface area contributed by atoms with Crippen LogP contribution in [0, 0.1) is 5.82 Å². The van der Waals surface area contributed by atoms with Crippen molar-refractivity contribution in [1.82, 2.24) is 0 Å². The van der Waals surface area contributed by atoms with E-state index in [2.05, 4.69) is 4.74 Å². The van der Waals surface area contributed by atoms with Gasteiger partial charge in [-0.25, -0.2) is 9.18 Å². The number of esters is 1. The van der Waals surface area contributed by atoms with Crippen molar-refractivity contribution in [3.05, 3.63) is 51.8 Å². The Bertz CT molecular complexity index is 823. The highest BCUT2D eigenvalue weighted by Gasteiger charge is 2.24. The standard InChI is InChI=1S/C17H13Cl2FO5/c1-3-24-17(22)16(21)10-7-14(11(19)8-12(10)20)25-13-5-4-9(18)6-15(13)23-2/h4-8H,3H2,1-2H3. The van der Waals surface area contributed by atoms with Crippen molar-refractivity contribution in [2.24, 2.45) is 0 Å². The van der Waals surface area contributed by atoms with Gasteiger partial charge in [-0.1, -0.05) is 23.2 Å². The van der Waals surface area contributed by atoms with Gasteiger partial charge in [-0.05, 0) is 31.2 Å². The third-order valence-corrected chi connectivity index (χ3v) is 3.60. The van der Waals surface area contributed by atoms with Crippen molar-refractivity contribution < 1.29 is 28.2 Å². The highest BCUT2D eigenvalue weighted by molar-refractivity contribution is 6.41. The maximum absolute atomic E-state index is 14.0. The summed E-state index contributed by atoms with van der Waals surface area (Å²) in [5, 5.41) is 0.336. The van der Waals surface area contributed by atoms with Gasteiger partial charge in [0.05, 0.1) is 24.3 Å². The third-order valence-electron chi connectivity index (χ3n) is 3.07. The van der Waals surface area contributed by atoms with Gasteiger partial charge < -0.3 is 14.2 Å².